The average molecular weight is 493 g/mol. The zero-order valence-electron chi connectivity index (χ0n) is 19.6. The minimum Gasteiger partial charge on any atom is -0.410 e. The second-order valence-electron chi connectivity index (χ2n) is 7.92. The van der Waals surface area contributed by atoms with E-state index >= 15 is 0 Å². The van der Waals surface area contributed by atoms with Crippen molar-refractivity contribution in [3.05, 3.63) is 82.6 Å². The smallest absolute Gasteiger partial charge is 0.410 e. The molecule has 8 heteroatoms. The van der Waals surface area contributed by atoms with Crippen LogP contribution in [0.1, 0.15) is 39.2 Å². The van der Waals surface area contributed by atoms with Crippen molar-refractivity contribution in [3.8, 4) is 0 Å². The Kier molecular flexibility index (Phi) is 7.97. The molecule has 4 nitrogen and oxygen atoms in total. The van der Waals surface area contributed by atoms with E-state index in [0.717, 1.165) is 11.3 Å². The largest absolute Gasteiger partial charge is 0.572 e. The van der Waals surface area contributed by atoms with Crippen LogP contribution in [0.4, 0.5) is 29.3 Å². The summed E-state index contributed by atoms with van der Waals surface area (Å²) >= 11 is 6.03. The van der Waals surface area contributed by atoms with E-state index in [-0.39, 0.29) is 24.3 Å². The average Bonchev–Trinajstić information content (AvgIpc) is 3.05. The van der Waals surface area contributed by atoms with Gasteiger partial charge in [0.25, 0.3) is 0 Å². The summed E-state index contributed by atoms with van der Waals surface area (Å²) in [6.07, 6.45) is -0.921. The molecule has 182 valence electrons. The van der Waals surface area contributed by atoms with Crippen LogP contribution in [0.5, 0.6) is 0 Å². The number of carbonyl (C=O) groups excluding carboxylic acids is 1. The Morgan fingerprint density at radius 2 is 1.53 bits per heavy atom. The second kappa shape index (κ2) is 10.6. The fourth-order valence-electron chi connectivity index (χ4n) is 4.25. The number of ether oxygens (including phenoxy) is 1. The maximum Gasteiger partial charge on any atom is 0.572 e. The summed E-state index contributed by atoms with van der Waals surface area (Å²) in [5.41, 5.74) is 3.01. The molecule has 0 saturated carbocycles. The van der Waals surface area contributed by atoms with E-state index in [4.69, 9.17) is 11.6 Å². The summed E-state index contributed by atoms with van der Waals surface area (Å²) in [4.78, 5) is 16.9. The summed E-state index contributed by atoms with van der Waals surface area (Å²) in [5, 5.41) is 0.526. The van der Waals surface area contributed by atoms with E-state index in [1.807, 2.05) is 58.0 Å². The number of carbonyl (C=O) groups is 1. The number of amides is 2. The van der Waals surface area contributed by atoms with Crippen LogP contribution in [0, 0.1) is 6.92 Å². The molecule has 1 heterocycles. The van der Waals surface area contributed by atoms with Crippen molar-refractivity contribution < 1.29 is 22.7 Å². The van der Waals surface area contributed by atoms with Gasteiger partial charge in [-0.05, 0) is 68.3 Å². The highest BCUT2D eigenvalue weighted by Gasteiger charge is 2.46. The molecule has 1 aliphatic carbocycles. The molecule has 0 radical (unpaired) electrons. The van der Waals surface area contributed by atoms with Crippen LogP contribution >= 0.6 is 11.6 Å². The number of rotatable bonds is 4. The lowest BCUT2D eigenvalue weighted by Crippen LogP contribution is -2.37. The molecule has 2 amide bonds. The second-order valence-corrected chi connectivity index (χ2v) is 8.36. The fourth-order valence-corrected chi connectivity index (χ4v) is 4.38. The van der Waals surface area contributed by atoms with Crippen LogP contribution < -0.4 is 9.80 Å². The van der Waals surface area contributed by atoms with Crippen LogP contribution in [0.25, 0.3) is 0 Å². The zero-order chi connectivity index (χ0) is 25.0. The van der Waals surface area contributed by atoms with Crippen molar-refractivity contribution in [1.82, 2.24) is 0 Å². The van der Waals surface area contributed by atoms with Crippen molar-refractivity contribution >= 4 is 29.0 Å². The first-order valence-electron chi connectivity index (χ1n) is 11.2. The molecule has 1 aliphatic heterocycles. The number of anilines is 2. The number of nitrogens with zero attached hydrogens (tertiary/aromatic N) is 2. The summed E-state index contributed by atoms with van der Waals surface area (Å²) in [6, 6.07) is 13.3. The van der Waals surface area contributed by atoms with Gasteiger partial charge in [-0.3, -0.25) is 9.80 Å². The quantitative estimate of drug-likeness (QED) is 0.433. The Hall–Kier alpha value is -2.93. The summed E-state index contributed by atoms with van der Waals surface area (Å²) < 4.78 is 42.6. The number of halogens is 4. The Balaban J connectivity index is 0.00000158. The highest BCUT2D eigenvalue weighted by atomic mass is 35.5. The van der Waals surface area contributed by atoms with Gasteiger partial charge < -0.3 is 4.74 Å². The molecule has 1 fully saturated rings. The van der Waals surface area contributed by atoms with Gasteiger partial charge in [-0.25, -0.2) is 4.79 Å². The monoisotopic (exact) mass is 492 g/mol. The van der Waals surface area contributed by atoms with E-state index in [1.54, 1.807) is 34.1 Å². The topological polar surface area (TPSA) is 32.8 Å². The first-order valence-corrected chi connectivity index (χ1v) is 11.6. The fraction of sp³-hybridized carbons (Fsp3) is 0.346. The number of allylic oxidation sites excluding steroid dienone is 2. The predicted octanol–water partition coefficient (Wildman–Crippen LogP) is 8.02. The third-order valence-corrected chi connectivity index (χ3v) is 5.91. The summed E-state index contributed by atoms with van der Waals surface area (Å²) in [7, 11) is 0. The molecule has 0 bridgehead atoms. The number of hydrogen-bond acceptors (Lipinski definition) is 2. The van der Waals surface area contributed by atoms with Crippen molar-refractivity contribution in [2.45, 2.75) is 59.0 Å². The van der Waals surface area contributed by atoms with E-state index in [2.05, 4.69) is 4.74 Å². The summed E-state index contributed by atoms with van der Waals surface area (Å²) in [5.74, 6) is -0.153. The van der Waals surface area contributed by atoms with Gasteiger partial charge in [0.1, 0.15) is 5.76 Å². The maximum absolute atomic E-state index is 13.6. The maximum atomic E-state index is 13.6. The molecule has 1 saturated heterocycles. The number of benzene rings is 2. The lowest BCUT2D eigenvalue weighted by atomic mass is 9.93. The van der Waals surface area contributed by atoms with Gasteiger partial charge in [-0.15, -0.1) is 13.2 Å². The molecule has 2 atom stereocenters. The van der Waals surface area contributed by atoms with E-state index in [1.165, 1.54) is 6.08 Å². The van der Waals surface area contributed by atoms with Crippen molar-refractivity contribution in [1.29, 1.82) is 0 Å². The highest BCUT2D eigenvalue weighted by Crippen LogP contribution is 2.39. The molecule has 0 N–H and O–H groups in total. The Bertz CT molecular complexity index is 1060. The minimum absolute atomic E-state index is 0.153. The molecule has 0 spiro atoms. The molecule has 2 aromatic rings. The molecule has 34 heavy (non-hydrogen) atoms. The van der Waals surface area contributed by atoms with Crippen LogP contribution in [-0.4, -0.2) is 24.5 Å². The normalized spacial score (nSPS) is 20.4. The van der Waals surface area contributed by atoms with Gasteiger partial charge in [-0.1, -0.05) is 49.2 Å². The molecular weight excluding hydrogens is 465 g/mol. The predicted molar refractivity (Wildman–Crippen MR) is 130 cm³/mol. The van der Waals surface area contributed by atoms with Crippen molar-refractivity contribution in [2.24, 2.45) is 0 Å². The Labute approximate surface area is 203 Å². The van der Waals surface area contributed by atoms with Gasteiger partial charge >= 0.3 is 12.4 Å². The van der Waals surface area contributed by atoms with Crippen molar-refractivity contribution in [2.75, 3.05) is 9.80 Å². The van der Waals surface area contributed by atoms with E-state index in [0.29, 0.717) is 22.7 Å². The molecule has 4 rings (SSSR count). The molecule has 2 aromatic carbocycles. The minimum atomic E-state index is -4.75. The lowest BCUT2D eigenvalue weighted by molar-refractivity contribution is -0.306. The highest BCUT2D eigenvalue weighted by molar-refractivity contribution is 6.30. The van der Waals surface area contributed by atoms with Gasteiger partial charge in [-0.2, -0.15) is 0 Å². The van der Waals surface area contributed by atoms with Gasteiger partial charge in [0.05, 0.1) is 12.1 Å². The van der Waals surface area contributed by atoms with Gasteiger partial charge in [0.2, 0.25) is 0 Å². The number of hydrogen-bond donors (Lipinski definition) is 0. The number of urea groups is 1. The standard InChI is InChI=1S/C24H22ClF3N2O2.C2H6/c1-15-6-10-19(11-7-15)29-16(2)22(17-4-3-5-21(14-17)32-24(26,27)28)30(23(29)31)20-12-8-18(25)9-13-20;1-2/h4,6-14,16,22H,3,5H2,1-2H3;1-2H3. The third kappa shape index (κ3) is 5.58. The molecular formula is C26H28ClF3N2O2. The summed E-state index contributed by atoms with van der Waals surface area (Å²) in [6.45, 7) is 7.85. The molecule has 2 unspecified atom stereocenters. The first-order chi connectivity index (χ1) is 16.1. The van der Waals surface area contributed by atoms with Gasteiger partial charge in [0, 0.05) is 22.8 Å². The van der Waals surface area contributed by atoms with E-state index < -0.39 is 12.4 Å². The van der Waals surface area contributed by atoms with Gasteiger partial charge in [0.15, 0.2) is 0 Å². The lowest BCUT2D eigenvalue weighted by Gasteiger charge is -2.29. The Morgan fingerprint density at radius 1 is 0.971 bits per heavy atom. The zero-order valence-corrected chi connectivity index (χ0v) is 20.3. The number of alkyl halides is 3. The SMILES string of the molecule is CC.Cc1ccc(N2C(=O)N(c3ccc(Cl)cc3)C(C3=CCCC(OC(F)(F)F)=C3)C2C)cc1. The first kappa shape index (κ1) is 25.7. The van der Waals surface area contributed by atoms with Crippen LogP contribution in [0.2, 0.25) is 5.02 Å². The number of aryl methyl sites for hydroxylation is 1. The van der Waals surface area contributed by atoms with Crippen molar-refractivity contribution in [3.63, 3.8) is 0 Å². The van der Waals surface area contributed by atoms with Crippen LogP contribution in [0.15, 0.2) is 72.0 Å². The third-order valence-electron chi connectivity index (χ3n) is 5.66. The van der Waals surface area contributed by atoms with Crippen LogP contribution in [0.3, 0.4) is 0 Å². The molecule has 0 aromatic heterocycles. The Morgan fingerprint density at radius 3 is 2.12 bits per heavy atom. The van der Waals surface area contributed by atoms with Crippen LogP contribution in [-0.2, 0) is 4.74 Å². The van der Waals surface area contributed by atoms with E-state index in [9.17, 15) is 18.0 Å². The molecule has 2 aliphatic rings.